The van der Waals surface area contributed by atoms with Gasteiger partial charge in [0.15, 0.2) is 11.5 Å². The molecule has 1 heterocycles. The van der Waals surface area contributed by atoms with Crippen molar-refractivity contribution in [2.75, 3.05) is 46.8 Å². The number of amides is 1. The largest absolute Gasteiger partial charge is 0.493 e. The molecule has 2 rings (SSSR count). The number of methoxy groups -OCH3 is 3. The molecule has 2 N–H and O–H groups in total. The van der Waals surface area contributed by atoms with Gasteiger partial charge in [-0.05, 0) is 37.5 Å². The van der Waals surface area contributed by atoms with Crippen LogP contribution in [0.1, 0.15) is 25.3 Å². The zero-order chi connectivity index (χ0) is 25.3. The molecule has 1 aromatic carbocycles. The van der Waals surface area contributed by atoms with Crippen LogP contribution in [-0.4, -0.2) is 92.3 Å². The SMILES string of the molecule is CCOC(=O)C(COC)(Cc1ccc(OC)c(OC)c1)N[C@@H](CS)C(=O)N1CCC[C@H]1C(=O)O. The minimum absolute atomic E-state index is 0.0402. The number of nitrogens with zero attached hydrogens (tertiary/aromatic N) is 1. The average molecular weight is 499 g/mol. The van der Waals surface area contributed by atoms with E-state index < -0.39 is 35.5 Å². The van der Waals surface area contributed by atoms with Crippen molar-refractivity contribution in [3.63, 3.8) is 0 Å². The number of carboxylic acid groups (broad SMARTS) is 1. The van der Waals surface area contributed by atoms with Gasteiger partial charge in [-0.25, -0.2) is 9.59 Å². The summed E-state index contributed by atoms with van der Waals surface area (Å²) >= 11 is 4.33. The van der Waals surface area contributed by atoms with Crippen molar-refractivity contribution in [2.24, 2.45) is 0 Å². The van der Waals surface area contributed by atoms with Gasteiger partial charge in [0.05, 0.1) is 33.5 Å². The Morgan fingerprint density at radius 1 is 1.24 bits per heavy atom. The van der Waals surface area contributed by atoms with E-state index in [1.807, 2.05) is 0 Å². The van der Waals surface area contributed by atoms with Gasteiger partial charge in [-0.2, -0.15) is 12.6 Å². The van der Waals surface area contributed by atoms with Gasteiger partial charge in [0.25, 0.3) is 0 Å². The van der Waals surface area contributed by atoms with Crippen LogP contribution in [0.3, 0.4) is 0 Å². The van der Waals surface area contributed by atoms with Crippen LogP contribution in [0.2, 0.25) is 0 Å². The number of esters is 1. The fourth-order valence-corrected chi connectivity index (χ4v) is 4.44. The fourth-order valence-electron chi connectivity index (χ4n) is 4.19. The lowest BCUT2D eigenvalue weighted by Crippen LogP contribution is -2.65. The monoisotopic (exact) mass is 498 g/mol. The zero-order valence-corrected chi connectivity index (χ0v) is 20.9. The topological polar surface area (TPSA) is 124 Å². The van der Waals surface area contributed by atoms with E-state index in [-0.39, 0.29) is 25.4 Å². The molecule has 190 valence electrons. The number of ether oxygens (including phenoxy) is 4. The van der Waals surface area contributed by atoms with Gasteiger partial charge >= 0.3 is 11.9 Å². The maximum atomic E-state index is 13.3. The first-order valence-corrected chi connectivity index (χ1v) is 11.7. The number of carboxylic acids is 1. The zero-order valence-electron chi connectivity index (χ0n) is 20.0. The molecule has 1 aliphatic rings. The van der Waals surface area contributed by atoms with Crippen LogP contribution in [0.15, 0.2) is 18.2 Å². The summed E-state index contributed by atoms with van der Waals surface area (Å²) in [6.07, 6.45) is 1.09. The van der Waals surface area contributed by atoms with E-state index in [1.54, 1.807) is 25.1 Å². The average Bonchev–Trinajstić information content (AvgIpc) is 3.32. The Bertz CT molecular complexity index is 867. The normalized spacial score (nSPS) is 18.1. The molecule has 0 spiro atoms. The fraction of sp³-hybridized carbons (Fsp3) is 0.609. The maximum absolute atomic E-state index is 13.3. The predicted molar refractivity (Wildman–Crippen MR) is 128 cm³/mol. The van der Waals surface area contributed by atoms with Crippen LogP contribution in [0, 0.1) is 0 Å². The Balaban J connectivity index is 2.43. The van der Waals surface area contributed by atoms with Gasteiger partial charge in [0.1, 0.15) is 11.6 Å². The Morgan fingerprint density at radius 2 is 1.94 bits per heavy atom. The van der Waals surface area contributed by atoms with Gasteiger partial charge in [-0.15, -0.1) is 0 Å². The van der Waals surface area contributed by atoms with Gasteiger partial charge < -0.3 is 29.0 Å². The molecular formula is C23H34N2O8S. The van der Waals surface area contributed by atoms with Gasteiger partial charge in [-0.1, -0.05) is 6.07 Å². The third-order valence-corrected chi connectivity index (χ3v) is 6.13. The molecule has 0 aromatic heterocycles. The number of benzene rings is 1. The Labute approximate surface area is 205 Å². The molecule has 1 aromatic rings. The molecule has 0 bridgehead atoms. The lowest BCUT2D eigenvalue weighted by molar-refractivity contribution is -0.156. The molecule has 1 fully saturated rings. The molecule has 0 aliphatic carbocycles. The maximum Gasteiger partial charge on any atom is 0.329 e. The molecule has 0 saturated carbocycles. The second-order valence-electron chi connectivity index (χ2n) is 8.01. The summed E-state index contributed by atoms with van der Waals surface area (Å²) in [5.41, 5.74) is -0.725. The van der Waals surface area contributed by atoms with Gasteiger partial charge in [0.2, 0.25) is 5.91 Å². The molecule has 1 aliphatic heterocycles. The number of rotatable bonds is 13. The van der Waals surface area contributed by atoms with Crippen molar-refractivity contribution in [1.82, 2.24) is 10.2 Å². The second-order valence-corrected chi connectivity index (χ2v) is 8.37. The number of carbonyl (C=O) groups excluding carboxylic acids is 2. The number of hydrogen-bond acceptors (Lipinski definition) is 9. The quantitative estimate of drug-likeness (QED) is 0.271. The Morgan fingerprint density at radius 3 is 2.50 bits per heavy atom. The van der Waals surface area contributed by atoms with E-state index in [9.17, 15) is 19.5 Å². The highest BCUT2D eigenvalue weighted by Gasteiger charge is 2.45. The summed E-state index contributed by atoms with van der Waals surface area (Å²) in [6.45, 7) is 2.05. The number of aliphatic carboxylic acids is 1. The lowest BCUT2D eigenvalue weighted by Gasteiger charge is -2.36. The standard InChI is InChI=1S/C23H34N2O8S/c1-5-33-22(29)23(14-30-2,12-15-8-9-18(31-3)19(11-15)32-4)24-16(13-34)20(26)25-10-6-7-17(25)21(27)28/h8-9,11,16-17,24,34H,5-7,10,12-14H2,1-4H3,(H,27,28)/t16-,17-,23?/m0/s1. The Hall–Kier alpha value is -2.50. The summed E-state index contributed by atoms with van der Waals surface area (Å²) in [5.74, 6) is -1.02. The van der Waals surface area contributed by atoms with Gasteiger partial charge in [0, 0.05) is 25.8 Å². The molecule has 1 amide bonds. The number of thiol groups is 1. The van der Waals surface area contributed by atoms with Gasteiger partial charge in [-0.3, -0.25) is 10.1 Å². The van der Waals surface area contributed by atoms with Crippen LogP contribution in [0.4, 0.5) is 0 Å². The molecule has 3 atom stereocenters. The van der Waals surface area contributed by atoms with E-state index in [0.29, 0.717) is 36.4 Å². The Kier molecular flexibility index (Phi) is 10.5. The van der Waals surface area contributed by atoms with Crippen LogP contribution in [0.5, 0.6) is 11.5 Å². The second kappa shape index (κ2) is 12.8. The third kappa shape index (κ3) is 6.34. The summed E-state index contributed by atoms with van der Waals surface area (Å²) in [6, 6.07) is 3.40. The summed E-state index contributed by atoms with van der Waals surface area (Å²) in [7, 11) is 4.49. The minimum atomic E-state index is -1.44. The highest BCUT2D eigenvalue weighted by atomic mass is 32.1. The summed E-state index contributed by atoms with van der Waals surface area (Å²) < 4.78 is 21.4. The highest BCUT2D eigenvalue weighted by molar-refractivity contribution is 7.80. The van der Waals surface area contributed by atoms with Crippen molar-refractivity contribution < 1.29 is 38.4 Å². The summed E-state index contributed by atoms with van der Waals surface area (Å²) in [5, 5.41) is 12.6. The number of hydrogen-bond donors (Lipinski definition) is 3. The van der Waals surface area contributed by atoms with Crippen molar-refractivity contribution in [3.05, 3.63) is 23.8 Å². The van der Waals surface area contributed by atoms with E-state index in [4.69, 9.17) is 18.9 Å². The predicted octanol–water partition coefficient (Wildman–Crippen LogP) is 1.16. The number of nitrogens with one attached hydrogen (secondary N) is 1. The van der Waals surface area contributed by atoms with Crippen LogP contribution in [0.25, 0.3) is 0 Å². The van der Waals surface area contributed by atoms with Crippen molar-refractivity contribution in [3.8, 4) is 11.5 Å². The molecule has 34 heavy (non-hydrogen) atoms. The molecule has 1 unspecified atom stereocenters. The van der Waals surface area contributed by atoms with E-state index in [2.05, 4.69) is 17.9 Å². The van der Waals surface area contributed by atoms with E-state index in [1.165, 1.54) is 26.2 Å². The summed E-state index contributed by atoms with van der Waals surface area (Å²) in [4.78, 5) is 39.5. The smallest absolute Gasteiger partial charge is 0.329 e. The number of carbonyl (C=O) groups is 3. The molecule has 0 radical (unpaired) electrons. The lowest BCUT2D eigenvalue weighted by atomic mass is 9.90. The minimum Gasteiger partial charge on any atom is -0.493 e. The first-order chi connectivity index (χ1) is 16.3. The van der Waals surface area contributed by atoms with E-state index in [0.717, 1.165) is 0 Å². The molecule has 1 saturated heterocycles. The van der Waals surface area contributed by atoms with Crippen LogP contribution < -0.4 is 14.8 Å². The van der Waals surface area contributed by atoms with Crippen molar-refractivity contribution in [1.29, 1.82) is 0 Å². The third-order valence-electron chi connectivity index (χ3n) is 5.76. The van der Waals surface area contributed by atoms with Crippen LogP contribution >= 0.6 is 12.6 Å². The molecular weight excluding hydrogens is 464 g/mol. The highest BCUT2D eigenvalue weighted by Crippen LogP contribution is 2.30. The van der Waals surface area contributed by atoms with Crippen molar-refractivity contribution in [2.45, 2.75) is 43.8 Å². The number of likely N-dealkylation sites (tertiary alicyclic amines) is 1. The van der Waals surface area contributed by atoms with Crippen LogP contribution in [-0.2, 0) is 30.3 Å². The molecule has 10 nitrogen and oxygen atoms in total. The first-order valence-electron chi connectivity index (χ1n) is 11.1. The first kappa shape index (κ1) is 27.7. The molecule has 11 heteroatoms. The van der Waals surface area contributed by atoms with Crippen molar-refractivity contribution >= 4 is 30.5 Å². The van der Waals surface area contributed by atoms with E-state index >= 15 is 0 Å².